The van der Waals surface area contributed by atoms with E-state index >= 15 is 0 Å². The first-order valence-corrected chi connectivity index (χ1v) is 14.7. The van der Waals surface area contributed by atoms with Crippen molar-refractivity contribution in [3.8, 4) is 0 Å². The first-order valence-electron chi connectivity index (χ1n) is 14.7. The molecule has 1 aromatic carbocycles. The third kappa shape index (κ3) is 5.35. The summed E-state index contributed by atoms with van der Waals surface area (Å²) in [6.45, 7) is 1.41. The molecular formula is C30H40N4O5. The van der Waals surface area contributed by atoms with Crippen molar-refractivity contribution in [1.29, 1.82) is 0 Å². The van der Waals surface area contributed by atoms with Gasteiger partial charge in [-0.3, -0.25) is 14.5 Å². The summed E-state index contributed by atoms with van der Waals surface area (Å²) in [4.78, 5) is 37.8. The van der Waals surface area contributed by atoms with Gasteiger partial charge in [-0.25, -0.2) is 4.98 Å². The SMILES string of the molecule is CO/N=C(\CCC(=O)O)c1nc2ccccc2n([C@H]2C[C@H]3COC[C@@H](C2)N3C2C[C@H]3CCCC[C@@H](C2)C3)c1=O. The van der Waals surface area contributed by atoms with Crippen LogP contribution in [0.25, 0.3) is 11.0 Å². The van der Waals surface area contributed by atoms with Crippen molar-refractivity contribution < 1.29 is 19.5 Å². The van der Waals surface area contributed by atoms with E-state index in [2.05, 4.69) is 15.0 Å². The van der Waals surface area contributed by atoms with Crippen LogP contribution in [0.5, 0.6) is 0 Å². The Hall–Kier alpha value is -2.78. The normalized spacial score (nSPS) is 31.6. The minimum absolute atomic E-state index is 0.00781. The Morgan fingerprint density at radius 2 is 1.69 bits per heavy atom. The van der Waals surface area contributed by atoms with Crippen LogP contribution in [-0.2, 0) is 14.4 Å². The molecular weight excluding hydrogens is 496 g/mol. The lowest BCUT2D eigenvalue weighted by Crippen LogP contribution is -2.62. The molecule has 6 rings (SSSR count). The average molecular weight is 537 g/mol. The molecule has 210 valence electrons. The van der Waals surface area contributed by atoms with Crippen molar-refractivity contribution in [2.75, 3.05) is 20.3 Å². The van der Waals surface area contributed by atoms with Crippen LogP contribution >= 0.6 is 0 Å². The molecule has 1 N–H and O–H groups in total. The van der Waals surface area contributed by atoms with Crippen LogP contribution in [-0.4, -0.2) is 69.7 Å². The lowest BCUT2D eigenvalue weighted by Gasteiger charge is -2.54. The van der Waals surface area contributed by atoms with E-state index in [4.69, 9.17) is 9.57 Å². The number of hydrogen-bond donors (Lipinski definition) is 1. The molecule has 3 heterocycles. The number of hydrogen-bond acceptors (Lipinski definition) is 7. The van der Waals surface area contributed by atoms with Crippen molar-refractivity contribution in [2.24, 2.45) is 17.0 Å². The second-order valence-corrected chi connectivity index (χ2v) is 12.0. The molecule has 0 radical (unpaired) electrons. The Morgan fingerprint density at radius 1 is 1.00 bits per heavy atom. The van der Waals surface area contributed by atoms with E-state index in [0.717, 1.165) is 30.2 Å². The zero-order valence-corrected chi connectivity index (χ0v) is 22.8. The van der Waals surface area contributed by atoms with Crippen molar-refractivity contribution >= 4 is 22.7 Å². The number of nitrogens with zero attached hydrogens (tertiary/aromatic N) is 4. The van der Waals surface area contributed by atoms with Gasteiger partial charge in [0.25, 0.3) is 5.56 Å². The summed E-state index contributed by atoms with van der Waals surface area (Å²) in [6, 6.07) is 8.91. The Kier molecular flexibility index (Phi) is 7.71. The van der Waals surface area contributed by atoms with Gasteiger partial charge in [-0.2, -0.15) is 0 Å². The molecule has 9 heteroatoms. The maximum Gasteiger partial charge on any atom is 0.303 e. The van der Waals surface area contributed by atoms with Gasteiger partial charge in [-0.1, -0.05) is 43.0 Å². The van der Waals surface area contributed by atoms with Gasteiger partial charge in [-0.05, 0) is 56.1 Å². The molecule has 2 aliphatic carbocycles. The van der Waals surface area contributed by atoms with E-state index < -0.39 is 5.97 Å². The van der Waals surface area contributed by atoms with Gasteiger partial charge in [0, 0.05) is 30.6 Å². The highest BCUT2D eigenvalue weighted by molar-refractivity contribution is 6.00. The predicted octanol–water partition coefficient (Wildman–Crippen LogP) is 4.38. The van der Waals surface area contributed by atoms with E-state index in [1.165, 1.54) is 52.1 Å². The quantitative estimate of drug-likeness (QED) is 0.414. The van der Waals surface area contributed by atoms with Crippen molar-refractivity contribution in [3.63, 3.8) is 0 Å². The highest BCUT2D eigenvalue weighted by Gasteiger charge is 2.45. The number of oxime groups is 1. The zero-order valence-electron chi connectivity index (χ0n) is 22.8. The second-order valence-electron chi connectivity index (χ2n) is 12.0. The smallest absolute Gasteiger partial charge is 0.303 e. The number of fused-ring (bicyclic) bond motifs is 5. The van der Waals surface area contributed by atoms with Crippen molar-refractivity contribution in [2.45, 2.75) is 94.8 Å². The van der Waals surface area contributed by atoms with Crippen LogP contribution in [0.4, 0.5) is 0 Å². The van der Waals surface area contributed by atoms with Gasteiger partial charge in [0.05, 0.1) is 30.7 Å². The van der Waals surface area contributed by atoms with Crippen molar-refractivity contribution in [3.05, 3.63) is 40.3 Å². The number of ether oxygens (including phenoxy) is 1. The molecule has 0 amide bonds. The fraction of sp³-hybridized carbons (Fsp3) is 0.667. The standard InChI is InChI=1S/C30H40N4O5/c1-38-32-26(10-11-28(35)36)29-30(37)34(27-9-5-4-8-25(27)31-29)22-15-23-17-39-18-24(16-22)33(23)21-13-19-6-2-3-7-20(12-19)14-21/h4-5,8-9,19-24H,2-3,6-7,10-18H2,1H3,(H,35,36)/b32-26+/t19-,20+,21?,22-,23-,24+. The number of rotatable bonds is 7. The number of carboxylic acids is 1. The Bertz CT molecular complexity index is 1260. The Labute approximate surface area is 229 Å². The average Bonchev–Trinajstić information content (AvgIpc) is 3.09. The molecule has 0 spiro atoms. The summed E-state index contributed by atoms with van der Waals surface area (Å²) >= 11 is 0. The van der Waals surface area contributed by atoms with E-state index in [0.29, 0.717) is 24.8 Å². The number of aliphatic carboxylic acids is 1. The minimum atomic E-state index is -0.956. The van der Waals surface area contributed by atoms with Crippen LogP contribution in [0.2, 0.25) is 0 Å². The molecule has 6 atom stereocenters. The number of morpholine rings is 1. The van der Waals surface area contributed by atoms with Gasteiger partial charge in [0.2, 0.25) is 0 Å². The molecule has 1 aromatic heterocycles. The summed E-state index contributed by atoms with van der Waals surface area (Å²) in [5.74, 6) is 0.756. The lowest BCUT2D eigenvalue weighted by molar-refractivity contribution is -0.136. The summed E-state index contributed by atoms with van der Waals surface area (Å²) in [5.41, 5.74) is 1.73. The molecule has 2 aromatic rings. The summed E-state index contributed by atoms with van der Waals surface area (Å²) < 4.78 is 8.00. The van der Waals surface area contributed by atoms with Crippen LogP contribution in [0.1, 0.15) is 82.4 Å². The van der Waals surface area contributed by atoms with Crippen LogP contribution < -0.4 is 5.56 Å². The van der Waals surface area contributed by atoms with Gasteiger partial charge < -0.3 is 19.2 Å². The highest BCUT2D eigenvalue weighted by Crippen LogP contribution is 2.44. The molecule has 4 bridgehead atoms. The molecule has 2 saturated carbocycles. The van der Waals surface area contributed by atoms with E-state index in [9.17, 15) is 14.7 Å². The Balaban J connectivity index is 1.34. The van der Waals surface area contributed by atoms with E-state index in [1.54, 1.807) is 0 Å². The number of benzene rings is 1. The fourth-order valence-electron chi connectivity index (χ4n) is 8.08. The highest BCUT2D eigenvalue weighted by atomic mass is 16.6. The first-order chi connectivity index (χ1) is 19.0. The van der Waals surface area contributed by atoms with Crippen LogP contribution in [0.15, 0.2) is 34.2 Å². The summed E-state index contributed by atoms with van der Waals surface area (Å²) in [5, 5.41) is 13.3. The van der Waals surface area contributed by atoms with Gasteiger partial charge in [-0.15, -0.1) is 0 Å². The lowest BCUT2D eigenvalue weighted by atomic mass is 9.75. The monoisotopic (exact) mass is 536 g/mol. The van der Waals surface area contributed by atoms with E-state index in [1.807, 2.05) is 28.8 Å². The van der Waals surface area contributed by atoms with Gasteiger partial charge >= 0.3 is 5.97 Å². The maximum absolute atomic E-state index is 14.1. The molecule has 4 aliphatic rings. The second kappa shape index (κ2) is 11.4. The number of piperidine rings is 1. The fourth-order valence-corrected chi connectivity index (χ4v) is 8.08. The molecule has 4 fully saturated rings. The number of carbonyl (C=O) groups is 1. The minimum Gasteiger partial charge on any atom is -0.481 e. The molecule has 2 aliphatic heterocycles. The topological polar surface area (TPSA) is 106 Å². The Morgan fingerprint density at radius 3 is 2.36 bits per heavy atom. The largest absolute Gasteiger partial charge is 0.481 e. The molecule has 2 saturated heterocycles. The van der Waals surface area contributed by atoms with Crippen LogP contribution in [0, 0.1) is 11.8 Å². The maximum atomic E-state index is 14.1. The molecule has 1 unspecified atom stereocenters. The van der Waals surface area contributed by atoms with E-state index in [-0.39, 0.29) is 47.9 Å². The number of aromatic nitrogens is 2. The summed E-state index contributed by atoms with van der Waals surface area (Å²) in [6.07, 6.45) is 11.2. The third-order valence-corrected chi connectivity index (χ3v) is 9.54. The van der Waals surface area contributed by atoms with Gasteiger partial charge in [0.15, 0.2) is 5.69 Å². The third-order valence-electron chi connectivity index (χ3n) is 9.54. The summed E-state index contributed by atoms with van der Waals surface area (Å²) in [7, 11) is 1.40. The van der Waals surface area contributed by atoms with Gasteiger partial charge in [0.1, 0.15) is 12.8 Å². The number of para-hydroxylation sites is 2. The predicted molar refractivity (Wildman–Crippen MR) is 148 cm³/mol. The zero-order chi connectivity index (χ0) is 26.9. The van der Waals surface area contributed by atoms with Crippen LogP contribution in [0.3, 0.4) is 0 Å². The molecule has 39 heavy (non-hydrogen) atoms. The number of carboxylic acid groups (broad SMARTS) is 1. The first kappa shape index (κ1) is 26.4. The molecule has 9 nitrogen and oxygen atoms in total. The van der Waals surface area contributed by atoms with Crippen molar-refractivity contribution in [1.82, 2.24) is 14.5 Å².